The molecule has 0 aliphatic carbocycles. The van der Waals surface area contributed by atoms with Gasteiger partial charge in [0.25, 0.3) is 0 Å². The van der Waals surface area contributed by atoms with E-state index in [4.69, 9.17) is 4.52 Å². The number of halogens is 1. The molecule has 1 atom stereocenters. The van der Waals surface area contributed by atoms with Crippen molar-refractivity contribution in [1.29, 1.82) is 0 Å². The van der Waals surface area contributed by atoms with Crippen molar-refractivity contribution in [2.75, 3.05) is 11.8 Å². The van der Waals surface area contributed by atoms with Crippen LogP contribution in [0, 0.1) is 5.82 Å². The Labute approximate surface area is 105 Å². The van der Waals surface area contributed by atoms with Gasteiger partial charge in [-0.05, 0) is 24.3 Å². The zero-order valence-electron chi connectivity index (χ0n) is 9.84. The van der Waals surface area contributed by atoms with E-state index >= 15 is 0 Å². The maximum absolute atomic E-state index is 13.4. The van der Waals surface area contributed by atoms with Gasteiger partial charge >= 0.3 is 7.52 Å². The highest BCUT2D eigenvalue weighted by atomic mass is 31.2. The van der Waals surface area contributed by atoms with Crippen molar-refractivity contribution in [3.63, 3.8) is 0 Å². The monoisotopic (exact) mass is 265 g/mol. The average molecular weight is 265 g/mol. The summed E-state index contributed by atoms with van der Waals surface area (Å²) in [6, 6.07) is 14.8. The highest BCUT2D eigenvalue weighted by molar-refractivity contribution is 7.60. The Morgan fingerprint density at radius 1 is 1.06 bits per heavy atom. The second kappa shape index (κ2) is 5.23. The Bertz CT molecular complexity index is 574. The van der Waals surface area contributed by atoms with Crippen LogP contribution in [0.25, 0.3) is 0 Å². The highest BCUT2D eigenvalue weighted by Gasteiger charge is 2.18. The van der Waals surface area contributed by atoms with Gasteiger partial charge in [0.2, 0.25) is 0 Å². The minimum absolute atomic E-state index is 0.166. The van der Waals surface area contributed by atoms with Gasteiger partial charge in [0.05, 0.1) is 5.69 Å². The number of hydrogen-bond donors (Lipinski definition) is 1. The molecule has 2 aromatic carbocycles. The molecule has 18 heavy (non-hydrogen) atoms. The van der Waals surface area contributed by atoms with Crippen LogP contribution in [0.4, 0.5) is 10.1 Å². The van der Waals surface area contributed by atoms with Crippen molar-refractivity contribution in [3.8, 4) is 5.75 Å². The van der Waals surface area contributed by atoms with Gasteiger partial charge in [-0.3, -0.25) is 4.57 Å². The second-order valence-corrected chi connectivity index (χ2v) is 5.94. The molecule has 5 heteroatoms. The van der Waals surface area contributed by atoms with Crippen LogP contribution < -0.4 is 9.61 Å². The summed E-state index contributed by atoms with van der Waals surface area (Å²) in [5, 5.41) is 2.59. The van der Waals surface area contributed by atoms with Gasteiger partial charge in [-0.15, -0.1) is 0 Å². The molecule has 0 saturated carbocycles. The molecule has 0 aromatic heterocycles. The lowest BCUT2D eigenvalue weighted by molar-refractivity contribution is 0.493. The van der Waals surface area contributed by atoms with E-state index in [9.17, 15) is 8.96 Å². The first kappa shape index (κ1) is 12.7. The lowest BCUT2D eigenvalue weighted by Gasteiger charge is -2.17. The zero-order valence-corrected chi connectivity index (χ0v) is 10.7. The van der Waals surface area contributed by atoms with Crippen molar-refractivity contribution in [2.24, 2.45) is 0 Å². The van der Waals surface area contributed by atoms with E-state index in [1.165, 1.54) is 18.8 Å². The van der Waals surface area contributed by atoms with E-state index in [1.807, 2.05) is 6.07 Å². The first-order valence-corrected chi connectivity index (χ1v) is 7.49. The molecule has 0 radical (unpaired) electrons. The standard InChI is InChI=1S/C13H13FNO2P/c1-18(16,17-11-7-3-2-4-8-11)15-13-10-6-5-9-12(13)14/h2-10H,1H3,(H,15,16)/t18-/m0/s1. The Morgan fingerprint density at radius 2 is 1.67 bits per heavy atom. The third kappa shape index (κ3) is 3.34. The average Bonchev–Trinajstić information content (AvgIpc) is 2.32. The predicted molar refractivity (Wildman–Crippen MR) is 70.6 cm³/mol. The van der Waals surface area contributed by atoms with Gasteiger partial charge in [0, 0.05) is 6.66 Å². The lowest BCUT2D eigenvalue weighted by Crippen LogP contribution is -2.03. The number of rotatable bonds is 4. The van der Waals surface area contributed by atoms with Gasteiger partial charge in [-0.2, -0.15) is 0 Å². The molecule has 2 rings (SSSR count). The van der Waals surface area contributed by atoms with Gasteiger partial charge in [-0.1, -0.05) is 30.3 Å². The lowest BCUT2D eigenvalue weighted by atomic mass is 10.3. The molecule has 1 N–H and O–H groups in total. The fourth-order valence-electron chi connectivity index (χ4n) is 1.48. The van der Waals surface area contributed by atoms with Gasteiger partial charge in [0.1, 0.15) is 11.6 Å². The molecule has 0 saturated heterocycles. The van der Waals surface area contributed by atoms with Crippen LogP contribution in [0.2, 0.25) is 0 Å². The molecule has 3 nitrogen and oxygen atoms in total. The molecule has 0 fully saturated rings. The normalized spacial score (nSPS) is 13.7. The molecule has 0 aliphatic heterocycles. The Hall–Kier alpha value is -1.80. The minimum atomic E-state index is -3.15. The van der Waals surface area contributed by atoms with Gasteiger partial charge < -0.3 is 9.61 Å². The molecular formula is C13H13FNO2P. The molecule has 94 valence electrons. The van der Waals surface area contributed by atoms with Crippen molar-refractivity contribution in [1.82, 2.24) is 0 Å². The molecule has 0 heterocycles. The van der Waals surface area contributed by atoms with E-state index < -0.39 is 13.3 Å². The van der Waals surface area contributed by atoms with E-state index in [0.717, 1.165) is 0 Å². The maximum atomic E-state index is 13.4. The fraction of sp³-hybridized carbons (Fsp3) is 0.0769. The summed E-state index contributed by atoms with van der Waals surface area (Å²) in [5.41, 5.74) is 0.166. The van der Waals surface area contributed by atoms with Gasteiger partial charge in [-0.25, -0.2) is 4.39 Å². The molecular weight excluding hydrogens is 252 g/mol. The first-order valence-electron chi connectivity index (χ1n) is 5.42. The van der Waals surface area contributed by atoms with E-state index in [0.29, 0.717) is 5.75 Å². The summed E-state index contributed by atoms with van der Waals surface area (Å²) in [6.07, 6.45) is 0. The van der Waals surface area contributed by atoms with E-state index in [-0.39, 0.29) is 5.69 Å². The number of hydrogen-bond acceptors (Lipinski definition) is 2. The number of benzene rings is 2. The van der Waals surface area contributed by atoms with Crippen LogP contribution in [0.3, 0.4) is 0 Å². The van der Waals surface area contributed by atoms with Crippen LogP contribution in [-0.2, 0) is 4.57 Å². The summed E-state index contributed by atoms with van der Waals surface area (Å²) >= 11 is 0. The summed E-state index contributed by atoms with van der Waals surface area (Å²) in [7, 11) is -3.15. The van der Waals surface area contributed by atoms with Crippen LogP contribution in [0.15, 0.2) is 54.6 Å². The Balaban J connectivity index is 2.13. The SMILES string of the molecule is C[P@@](=O)(Nc1ccccc1F)Oc1ccccc1. The first-order chi connectivity index (χ1) is 8.57. The number of para-hydroxylation sites is 2. The summed E-state index contributed by atoms with van der Waals surface area (Å²) in [6.45, 7) is 1.41. The van der Waals surface area contributed by atoms with Crippen LogP contribution in [-0.4, -0.2) is 6.66 Å². The third-order valence-corrected chi connectivity index (χ3v) is 3.43. The highest BCUT2D eigenvalue weighted by Crippen LogP contribution is 2.43. The minimum Gasteiger partial charge on any atom is -0.429 e. The topological polar surface area (TPSA) is 38.3 Å². The van der Waals surface area contributed by atoms with E-state index in [2.05, 4.69) is 5.09 Å². The van der Waals surface area contributed by atoms with Crippen LogP contribution in [0.1, 0.15) is 0 Å². The molecule has 2 aromatic rings. The Kier molecular flexibility index (Phi) is 3.68. The van der Waals surface area contributed by atoms with Crippen LogP contribution >= 0.6 is 7.52 Å². The number of anilines is 1. The van der Waals surface area contributed by atoms with Crippen molar-refractivity contribution >= 4 is 13.2 Å². The maximum Gasteiger partial charge on any atom is 0.338 e. The molecule has 0 unspecified atom stereocenters. The fourth-order valence-corrected chi connectivity index (χ4v) is 2.66. The summed E-state index contributed by atoms with van der Waals surface area (Å²) in [4.78, 5) is 0. The quantitative estimate of drug-likeness (QED) is 0.844. The molecule has 0 amide bonds. The van der Waals surface area contributed by atoms with Gasteiger partial charge in [0.15, 0.2) is 0 Å². The predicted octanol–water partition coefficient (Wildman–Crippen LogP) is 4.14. The van der Waals surface area contributed by atoms with Crippen LogP contribution in [0.5, 0.6) is 5.75 Å². The number of nitrogens with one attached hydrogen (secondary N) is 1. The molecule has 0 aliphatic rings. The summed E-state index contributed by atoms with van der Waals surface area (Å²) in [5.74, 6) is 0.0170. The van der Waals surface area contributed by atoms with Crippen molar-refractivity contribution in [2.45, 2.75) is 0 Å². The van der Waals surface area contributed by atoms with E-state index in [1.54, 1.807) is 36.4 Å². The van der Waals surface area contributed by atoms with Crippen molar-refractivity contribution in [3.05, 3.63) is 60.4 Å². The second-order valence-electron chi connectivity index (χ2n) is 3.84. The van der Waals surface area contributed by atoms with Crippen molar-refractivity contribution < 1.29 is 13.5 Å². The molecule has 0 spiro atoms. The smallest absolute Gasteiger partial charge is 0.338 e. The largest absolute Gasteiger partial charge is 0.429 e. The molecule has 0 bridgehead atoms. The third-order valence-electron chi connectivity index (χ3n) is 2.22. The zero-order chi connectivity index (χ0) is 13.0. The Morgan fingerprint density at radius 3 is 2.33 bits per heavy atom. The summed E-state index contributed by atoms with van der Waals surface area (Å²) < 4.78 is 31.0.